The van der Waals surface area contributed by atoms with Gasteiger partial charge in [0.05, 0.1) is 48.2 Å². The van der Waals surface area contributed by atoms with Gasteiger partial charge >= 0.3 is 0 Å². The van der Waals surface area contributed by atoms with Crippen molar-refractivity contribution in [3.8, 4) is 23.0 Å². The van der Waals surface area contributed by atoms with Crippen molar-refractivity contribution in [2.24, 2.45) is 5.92 Å². The molecule has 1 aromatic carbocycles. The number of H-pyrrole nitrogens is 1. The second-order valence-electron chi connectivity index (χ2n) is 19.3. The van der Waals surface area contributed by atoms with Gasteiger partial charge in [0.25, 0.3) is 0 Å². The van der Waals surface area contributed by atoms with Crippen LogP contribution in [0.25, 0.3) is 38.6 Å². The molecular weight excluding hydrogens is 883 g/mol. The summed E-state index contributed by atoms with van der Waals surface area (Å²) < 4.78 is 42.9. The first-order valence-electron chi connectivity index (χ1n) is 21.9. The third-order valence-electron chi connectivity index (χ3n) is 12.3. The number of aromatic amines is 1. The van der Waals surface area contributed by atoms with Gasteiger partial charge in [-0.1, -0.05) is 50.9 Å². The Balaban J connectivity index is 1.13. The number of Topliss-reactive ketones (excluding diaryl/α,β-unsaturated/α-hetero) is 1. The molecule has 0 aliphatic carbocycles. The first-order valence-corrected chi connectivity index (χ1v) is 29.6. The maximum absolute atomic E-state index is 15.7. The first-order chi connectivity index (χ1) is 30.9. The average Bonchev–Trinajstić information content (AvgIpc) is 4.05. The third-order valence-corrected chi connectivity index (χ3v) is 16.0. The number of amides is 1. The van der Waals surface area contributed by atoms with Crippen LogP contribution in [0.1, 0.15) is 40.6 Å². The topological polar surface area (TPSA) is 165 Å². The van der Waals surface area contributed by atoms with Gasteiger partial charge in [0.2, 0.25) is 17.7 Å². The van der Waals surface area contributed by atoms with Crippen molar-refractivity contribution in [2.75, 3.05) is 33.2 Å². The van der Waals surface area contributed by atoms with Crippen molar-refractivity contribution in [1.29, 1.82) is 0 Å². The standard InChI is InChI=1S/C47H57ClFN8O6Si2/c1-60-42-19-38-30(21-51-42)32(24-55(38)26-62-11-13-64(3,4)5)36-23-53-47(54-36)40-15-28(37-16-29(18-44(59)57(37)40)45-35(50)10-9-34(48)46(45)49)17-41(58)33-25-56(27-63-12-14-65(6,7)8)39-20-43(61-2)52-22-31(33)39/h9-10,17-25,28,37,40H,11-16,26-27,50H2,1-8H3,(H,53,54)/t28?,37?,40-/m0/s1. The van der Waals surface area contributed by atoms with E-state index >= 15 is 4.39 Å². The summed E-state index contributed by atoms with van der Waals surface area (Å²) in [5, 5.41) is 1.41. The highest BCUT2D eigenvalue weighted by Crippen LogP contribution is 2.48. The van der Waals surface area contributed by atoms with Gasteiger partial charge < -0.3 is 43.7 Å². The molecule has 1 saturated heterocycles. The predicted molar refractivity (Wildman–Crippen MR) is 257 cm³/mol. The van der Waals surface area contributed by atoms with Crippen LogP contribution < -0.4 is 15.2 Å². The van der Waals surface area contributed by atoms with Gasteiger partial charge in [0.1, 0.15) is 19.3 Å². The van der Waals surface area contributed by atoms with E-state index in [1.165, 1.54) is 18.2 Å². The van der Waals surface area contributed by atoms with E-state index in [2.05, 4.69) is 54.2 Å². The number of nitrogens with zero attached hydrogens (tertiary/aromatic N) is 6. The summed E-state index contributed by atoms with van der Waals surface area (Å²) in [6, 6.07) is 7.53. The van der Waals surface area contributed by atoms with E-state index < -0.39 is 40.0 Å². The molecule has 2 aliphatic heterocycles. The molecule has 0 bridgehead atoms. The zero-order chi connectivity index (χ0) is 46.4. The van der Waals surface area contributed by atoms with Crippen LogP contribution in [0.2, 0.25) is 56.4 Å². The lowest BCUT2D eigenvalue weighted by Gasteiger charge is -2.35. The smallest absolute Gasteiger partial charge is 0.247 e. The number of anilines is 1. The summed E-state index contributed by atoms with van der Waals surface area (Å²) in [5.74, 6) is -0.331. The lowest BCUT2D eigenvalue weighted by atomic mass is 9.84. The van der Waals surface area contributed by atoms with Crippen LogP contribution in [-0.4, -0.2) is 95.3 Å². The SMILES string of the molecule is COc1cc2c(cn1)c(C(=O)[CH]C1C[C@@H](c3ncc(-c4cn(COCC[Si](C)(C)C)c5cc(OC)ncc45)[nH]3)N3C(=O)C=C(c4c(N)ccc(Cl)c4F)CC13)cn2COCC[Si](C)(C)C. The number of hydrogen-bond acceptors (Lipinski definition) is 10. The third kappa shape index (κ3) is 9.80. The van der Waals surface area contributed by atoms with Crippen LogP contribution in [0.15, 0.2) is 61.3 Å². The Kier molecular flexibility index (Phi) is 13.2. The molecule has 3 atom stereocenters. The minimum atomic E-state index is -1.33. The number of aromatic nitrogens is 6. The summed E-state index contributed by atoms with van der Waals surface area (Å²) in [4.78, 5) is 48.1. The molecule has 1 fully saturated rings. The molecule has 18 heteroatoms. The fraction of sp³-hybridized carbons (Fsp3) is 0.404. The van der Waals surface area contributed by atoms with Crippen LogP contribution in [0.5, 0.6) is 11.8 Å². The molecule has 3 N–H and O–H groups in total. The summed E-state index contributed by atoms with van der Waals surface area (Å²) >= 11 is 6.25. The Bertz CT molecular complexity index is 2790. The highest BCUT2D eigenvalue weighted by Gasteiger charge is 2.48. The molecular formula is C47H57ClFN8O6Si2. The van der Waals surface area contributed by atoms with E-state index in [1.807, 2.05) is 21.4 Å². The molecule has 7 heterocycles. The number of nitrogens with one attached hydrogen (secondary N) is 1. The number of nitrogens with two attached hydrogens (primary N) is 1. The van der Waals surface area contributed by atoms with E-state index in [4.69, 9.17) is 41.3 Å². The van der Waals surface area contributed by atoms with Crippen molar-refractivity contribution in [2.45, 2.75) is 89.8 Å². The number of carbonyl (C=O) groups is 2. The Morgan fingerprint density at radius 2 is 1.52 bits per heavy atom. The summed E-state index contributed by atoms with van der Waals surface area (Å²) in [6.07, 6.45) is 12.6. The van der Waals surface area contributed by atoms with E-state index in [0.717, 1.165) is 39.8 Å². The molecule has 2 unspecified atom stereocenters. The molecule has 2 aliphatic rings. The second-order valence-corrected chi connectivity index (χ2v) is 31.0. The minimum absolute atomic E-state index is 0.0858. The van der Waals surface area contributed by atoms with Gasteiger partial charge in [-0.25, -0.2) is 19.3 Å². The Morgan fingerprint density at radius 1 is 0.908 bits per heavy atom. The van der Waals surface area contributed by atoms with Crippen LogP contribution >= 0.6 is 11.6 Å². The number of rotatable bonds is 18. The molecule has 6 aromatic rings. The van der Waals surface area contributed by atoms with Crippen molar-refractivity contribution in [3.05, 3.63) is 95.5 Å². The number of fused-ring (bicyclic) bond motifs is 3. The summed E-state index contributed by atoms with van der Waals surface area (Å²) in [6.45, 7) is 15.7. The van der Waals surface area contributed by atoms with Crippen molar-refractivity contribution in [3.63, 3.8) is 0 Å². The van der Waals surface area contributed by atoms with E-state index in [0.29, 0.717) is 60.5 Å². The van der Waals surface area contributed by atoms with Gasteiger partial charge in [-0.3, -0.25) is 9.59 Å². The summed E-state index contributed by atoms with van der Waals surface area (Å²) in [5.41, 5.74) is 10.6. The van der Waals surface area contributed by atoms with Gasteiger partial charge in [-0.2, -0.15) is 0 Å². The van der Waals surface area contributed by atoms with E-state index in [1.54, 1.807) is 56.4 Å². The quantitative estimate of drug-likeness (QED) is 0.0367. The number of ketones is 1. The number of pyridine rings is 2. The Morgan fingerprint density at radius 3 is 2.15 bits per heavy atom. The number of hydrogen-bond donors (Lipinski definition) is 2. The molecule has 5 aromatic heterocycles. The second kappa shape index (κ2) is 18.5. The van der Waals surface area contributed by atoms with Crippen molar-refractivity contribution >= 4 is 72.5 Å². The number of carbonyl (C=O) groups excluding carboxylic acids is 2. The van der Waals surface area contributed by atoms with Crippen LogP contribution in [0.3, 0.4) is 0 Å². The Hall–Kier alpha value is -5.34. The largest absolute Gasteiger partial charge is 0.481 e. The zero-order valence-corrected chi connectivity index (χ0v) is 41.0. The van der Waals surface area contributed by atoms with Crippen molar-refractivity contribution in [1.82, 2.24) is 34.0 Å². The van der Waals surface area contributed by atoms with Gasteiger partial charge in [0, 0.05) is 118 Å². The lowest BCUT2D eigenvalue weighted by Crippen LogP contribution is -2.42. The fourth-order valence-corrected chi connectivity index (χ4v) is 10.4. The molecule has 343 valence electrons. The van der Waals surface area contributed by atoms with E-state index in [9.17, 15) is 9.59 Å². The number of halogens is 2. The average molecular weight is 941 g/mol. The van der Waals surface area contributed by atoms with Crippen LogP contribution in [0.4, 0.5) is 10.1 Å². The van der Waals surface area contributed by atoms with Crippen LogP contribution in [0, 0.1) is 18.2 Å². The molecule has 8 rings (SSSR count). The van der Waals surface area contributed by atoms with E-state index in [-0.39, 0.29) is 41.1 Å². The number of methoxy groups -OCH3 is 2. The molecule has 0 spiro atoms. The molecule has 1 amide bonds. The number of ether oxygens (including phenoxy) is 4. The minimum Gasteiger partial charge on any atom is -0.481 e. The normalized spacial score (nSPS) is 17.9. The molecule has 65 heavy (non-hydrogen) atoms. The van der Waals surface area contributed by atoms with Crippen molar-refractivity contribution < 1.29 is 32.9 Å². The maximum atomic E-state index is 15.7. The molecule has 14 nitrogen and oxygen atoms in total. The summed E-state index contributed by atoms with van der Waals surface area (Å²) in [7, 11) is 0.508. The van der Waals surface area contributed by atoms with Crippen LogP contribution in [-0.2, 0) is 27.7 Å². The highest BCUT2D eigenvalue weighted by atomic mass is 35.5. The van der Waals surface area contributed by atoms with Gasteiger partial charge in [0.15, 0.2) is 11.6 Å². The maximum Gasteiger partial charge on any atom is 0.247 e. The number of nitrogen functional groups attached to an aromatic ring is 1. The fourth-order valence-electron chi connectivity index (χ4n) is 8.72. The van der Waals surface area contributed by atoms with Gasteiger partial charge in [-0.15, -0.1) is 0 Å². The molecule has 0 saturated carbocycles. The predicted octanol–water partition coefficient (Wildman–Crippen LogP) is 9.63. The zero-order valence-electron chi connectivity index (χ0n) is 38.2. The first kappa shape index (κ1) is 46.2. The monoisotopic (exact) mass is 939 g/mol. The highest BCUT2D eigenvalue weighted by molar-refractivity contribution is 6.76. The number of imidazole rings is 1. The number of benzene rings is 1. The Labute approximate surface area is 385 Å². The van der Waals surface area contributed by atoms with Gasteiger partial charge in [-0.05, 0) is 48.6 Å². The molecule has 1 radical (unpaired) electrons. The lowest BCUT2D eigenvalue weighted by molar-refractivity contribution is -0.129.